The summed E-state index contributed by atoms with van der Waals surface area (Å²) in [6, 6.07) is -0.839. The quantitative estimate of drug-likeness (QED) is 0.330. The zero-order valence-electron chi connectivity index (χ0n) is 7.05. The van der Waals surface area contributed by atoms with Crippen molar-refractivity contribution in [3.63, 3.8) is 0 Å². The first-order chi connectivity index (χ1) is 5.66. The SMILES string of the molecule is CC1(C)[C@H](N)C(=O)N1OS(=O)(=O)[O-]. The van der Waals surface area contributed by atoms with Crippen LogP contribution in [0.3, 0.4) is 0 Å². The average Bonchev–Trinajstić information content (AvgIpc) is 1.96. The van der Waals surface area contributed by atoms with Crippen molar-refractivity contribution in [3.8, 4) is 0 Å². The molecule has 0 aromatic rings. The molecule has 8 heteroatoms. The van der Waals surface area contributed by atoms with Crippen LogP contribution in [0, 0.1) is 0 Å². The minimum absolute atomic E-state index is 0.472. The predicted molar refractivity (Wildman–Crippen MR) is 39.7 cm³/mol. The Hall–Kier alpha value is -0.700. The number of carbonyl (C=O) groups is 1. The van der Waals surface area contributed by atoms with Gasteiger partial charge in [-0.25, -0.2) is 8.42 Å². The van der Waals surface area contributed by atoms with Gasteiger partial charge in [0.2, 0.25) is 10.4 Å². The molecule has 1 rings (SSSR count). The largest absolute Gasteiger partial charge is 0.724 e. The second-order valence-corrected chi connectivity index (χ2v) is 4.21. The van der Waals surface area contributed by atoms with Crippen LogP contribution in [0.1, 0.15) is 13.8 Å². The van der Waals surface area contributed by atoms with Gasteiger partial charge in [-0.15, -0.1) is 0 Å². The molecule has 7 nitrogen and oxygen atoms in total. The number of nitrogens with two attached hydrogens (primary N) is 1. The summed E-state index contributed by atoms with van der Waals surface area (Å²) >= 11 is 0. The van der Waals surface area contributed by atoms with Gasteiger partial charge in [0.25, 0.3) is 5.91 Å². The van der Waals surface area contributed by atoms with Gasteiger partial charge in [-0.2, -0.15) is 9.35 Å². The van der Waals surface area contributed by atoms with E-state index in [0.717, 1.165) is 0 Å². The number of hydrogen-bond acceptors (Lipinski definition) is 6. The number of rotatable bonds is 2. The van der Waals surface area contributed by atoms with Crippen LogP contribution in [0.5, 0.6) is 0 Å². The summed E-state index contributed by atoms with van der Waals surface area (Å²) in [4.78, 5) is 10.9. The number of nitrogens with zero attached hydrogens (tertiary/aromatic N) is 1. The summed E-state index contributed by atoms with van der Waals surface area (Å²) in [5, 5.41) is 0.472. The molecule has 0 bridgehead atoms. The summed E-state index contributed by atoms with van der Waals surface area (Å²) in [6.07, 6.45) is 0. The van der Waals surface area contributed by atoms with E-state index in [2.05, 4.69) is 4.28 Å². The van der Waals surface area contributed by atoms with Crippen LogP contribution in [0.4, 0.5) is 0 Å². The fraction of sp³-hybridized carbons (Fsp3) is 0.800. The van der Waals surface area contributed by atoms with Crippen LogP contribution < -0.4 is 5.73 Å². The van der Waals surface area contributed by atoms with Crippen molar-refractivity contribution < 1.29 is 22.0 Å². The van der Waals surface area contributed by atoms with E-state index in [0.29, 0.717) is 5.06 Å². The average molecular weight is 209 g/mol. The molecule has 2 N–H and O–H groups in total. The summed E-state index contributed by atoms with van der Waals surface area (Å²) in [5.74, 6) is -0.718. The molecule has 1 heterocycles. The van der Waals surface area contributed by atoms with Crippen LogP contribution in [0.25, 0.3) is 0 Å². The van der Waals surface area contributed by atoms with Crippen LogP contribution >= 0.6 is 0 Å². The minimum atomic E-state index is -4.91. The first kappa shape index (κ1) is 10.4. The monoisotopic (exact) mass is 209 g/mol. The van der Waals surface area contributed by atoms with Crippen LogP contribution in [-0.2, 0) is 19.5 Å². The highest BCUT2D eigenvalue weighted by Gasteiger charge is 2.54. The van der Waals surface area contributed by atoms with E-state index in [4.69, 9.17) is 5.73 Å². The van der Waals surface area contributed by atoms with Gasteiger partial charge in [0.1, 0.15) is 6.04 Å². The van der Waals surface area contributed by atoms with Crippen molar-refractivity contribution in [1.29, 1.82) is 0 Å². The van der Waals surface area contributed by atoms with Crippen LogP contribution in [0.2, 0.25) is 0 Å². The van der Waals surface area contributed by atoms with Crippen molar-refractivity contribution in [2.24, 2.45) is 5.73 Å². The van der Waals surface area contributed by atoms with E-state index < -0.39 is 27.9 Å². The Morgan fingerprint density at radius 2 is 2.08 bits per heavy atom. The molecule has 0 radical (unpaired) electrons. The lowest BCUT2D eigenvalue weighted by molar-refractivity contribution is -0.215. The van der Waals surface area contributed by atoms with Gasteiger partial charge in [-0.05, 0) is 13.8 Å². The maximum atomic E-state index is 10.9. The third-order valence-electron chi connectivity index (χ3n) is 1.92. The van der Waals surface area contributed by atoms with Gasteiger partial charge in [-0.3, -0.25) is 4.79 Å². The van der Waals surface area contributed by atoms with Crippen molar-refractivity contribution in [1.82, 2.24) is 5.06 Å². The Morgan fingerprint density at radius 1 is 1.62 bits per heavy atom. The molecule has 76 valence electrons. The number of hydroxylamine groups is 2. The Bertz CT molecular complexity index is 335. The molecule has 1 saturated heterocycles. The van der Waals surface area contributed by atoms with Gasteiger partial charge in [0.05, 0.1) is 5.54 Å². The number of β-lactam (4-membered cyclic amide) rings is 1. The highest BCUT2D eigenvalue weighted by Crippen LogP contribution is 2.30. The lowest BCUT2D eigenvalue weighted by Crippen LogP contribution is -2.74. The predicted octanol–water partition coefficient (Wildman–Crippen LogP) is -1.67. The van der Waals surface area contributed by atoms with Crippen molar-refractivity contribution in [2.75, 3.05) is 0 Å². The summed E-state index contributed by atoms with van der Waals surface area (Å²) in [5.41, 5.74) is 4.38. The minimum Gasteiger partial charge on any atom is -0.724 e. The molecular weight excluding hydrogens is 200 g/mol. The fourth-order valence-corrected chi connectivity index (χ4v) is 1.44. The molecule has 1 aliphatic rings. The third kappa shape index (κ3) is 1.66. The van der Waals surface area contributed by atoms with E-state index in [1.54, 1.807) is 0 Å². The normalized spacial score (nSPS) is 27.2. The van der Waals surface area contributed by atoms with Gasteiger partial charge < -0.3 is 10.3 Å². The summed E-state index contributed by atoms with van der Waals surface area (Å²) < 4.78 is 34.4. The van der Waals surface area contributed by atoms with E-state index >= 15 is 0 Å². The van der Waals surface area contributed by atoms with Gasteiger partial charge in [0, 0.05) is 0 Å². The smallest absolute Gasteiger partial charge is 0.267 e. The molecule has 1 amide bonds. The molecule has 0 saturated carbocycles. The zero-order chi connectivity index (χ0) is 10.4. The maximum Gasteiger partial charge on any atom is 0.267 e. The van der Waals surface area contributed by atoms with Crippen molar-refractivity contribution in [2.45, 2.75) is 25.4 Å². The molecule has 13 heavy (non-hydrogen) atoms. The molecule has 1 aliphatic heterocycles. The first-order valence-electron chi connectivity index (χ1n) is 3.41. The van der Waals surface area contributed by atoms with E-state index in [1.165, 1.54) is 13.8 Å². The van der Waals surface area contributed by atoms with E-state index in [1.807, 2.05) is 0 Å². The Balaban J connectivity index is 2.80. The lowest BCUT2D eigenvalue weighted by atomic mass is 9.86. The number of amides is 1. The lowest BCUT2D eigenvalue weighted by Gasteiger charge is -2.49. The molecule has 1 fully saturated rings. The Morgan fingerprint density at radius 3 is 2.38 bits per heavy atom. The van der Waals surface area contributed by atoms with Crippen LogP contribution in [-0.4, -0.2) is 35.5 Å². The number of hydrogen-bond donors (Lipinski definition) is 1. The molecule has 0 spiro atoms. The number of carbonyl (C=O) groups excluding carboxylic acids is 1. The highest BCUT2D eigenvalue weighted by atomic mass is 32.3. The zero-order valence-corrected chi connectivity index (χ0v) is 7.87. The molecule has 0 aromatic carbocycles. The highest BCUT2D eigenvalue weighted by molar-refractivity contribution is 7.80. The van der Waals surface area contributed by atoms with E-state index in [9.17, 15) is 17.8 Å². The molecule has 0 aromatic heterocycles. The molecule has 1 atom stereocenters. The third-order valence-corrected chi connectivity index (χ3v) is 2.25. The molecule has 0 unspecified atom stereocenters. The maximum absolute atomic E-state index is 10.9. The van der Waals surface area contributed by atoms with E-state index in [-0.39, 0.29) is 0 Å². The second kappa shape index (κ2) is 2.64. The second-order valence-electron chi connectivity index (χ2n) is 3.25. The van der Waals surface area contributed by atoms with Gasteiger partial charge >= 0.3 is 0 Å². The standard InChI is InChI=1S/C5H10N2O5S/c1-5(2)3(6)4(8)7(5)12-13(9,10)11/h3H,6H2,1-2H3,(H,9,10,11)/p-1/t3-/m1/s1. The summed E-state index contributed by atoms with van der Waals surface area (Å²) in [6.45, 7) is 2.98. The molecular formula is C5H9N2O5S-. The van der Waals surface area contributed by atoms with Crippen molar-refractivity contribution in [3.05, 3.63) is 0 Å². The summed E-state index contributed by atoms with van der Waals surface area (Å²) in [7, 11) is -4.91. The van der Waals surface area contributed by atoms with Crippen molar-refractivity contribution >= 4 is 16.3 Å². The van der Waals surface area contributed by atoms with Crippen LogP contribution in [0.15, 0.2) is 0 Å². The Labute approximate surface area is 75.4 Å². The molecule has 0 aliphatic carbocycles. The first-order valence-corrected chi connectivity index (χ1v) is 4.74. The van der Waals surface area contributed by atoms with Gasteiger partial charge in [0.15, 0.2) is 0 Å². The fourth-order valence-electron chi connectivity index (χ4n) is 0.997. The topological polar surface area (TPSA) is 113 Å². The van der Waals surface area contributed by atoms with Gasteiger partial charge in [-0.1, -0.05) is 0 Å². The Kier molecular flexibility index (Phi) is 2.11.